The minimum Gasteiger partial charge on any atom is -0.486 e. The third kappa shape index (κ3) is 8.30. The standard InChI is InChI=1S/C37H42N6O5/c1-24-20-43(25(2)23-44)36(46)29-12-9-15-32(41-37(47)39-28-10-5-4-6-11-28)34(29)48-33(24)22-42(3)21-26-16-18-27(19-17-26)35(45)40-31-14-8-7-13-30(31)38/h4-19,24-25,33,44H,20-23,38H2,1-3H3,(H,40,45)(H2,39,41,47)/t24-,25+,33+/m0/s1. The highest BCUT2D eigenvalue weighted by Crippen LogP contribution is 2.35. The van der Waals surface area contributed by atoms with Crippen LogP contribution in [0, 0.1) is 5.92 Å². The summed E-state index contributed by atoms with van der Waals surface area (Å²) >= 11 is 0. The average Bonchev–Trinajstić information content (AvgIpc) is 3.08. The number of anilines is 4. The quantitative estimate of drug-likeness (QED) is 0.142. The Bertz CT molecular complexity index is 1730. The van der Waals surface area contributed by atoms with Crippen molar-refractivity contribution in [2.45, 2.75) is 32.5 Å². The number of ether oxygens (including phenoxy) is 1. The number of rotatable bonds is 10. The Kier molecular flexibility index (Phi) is 10.9. The number of aliphatic hydroxyl groups excluding tert-OH is 1. The van der Waals surface area contributed by atoms with Gasteiger partial charge in [0.15, 0.2) is 5.75 Å². The van der Waals surface area contributed by atoms with Crippen LogP contribution in [0.4, 0.5) is 27.5 Å². The van der Waals surface area contributed by atoms with E-state index in [0.29, 0.717) is 53.5 Å². The van der Waals surface area contributed by atoms with Crippen LogP contribution in [0.3, 0.4) is 0 Å². The van der Waals surface area contributed by atoms with E-state index >= 15 is 0 Å². The van der Waals surface area contributed by atoms with Crippen molar-refractivity contribution in [3.63, 3.8) is 0 Å². The van der Waals surface area contributed by atoms with Crippen LogP contribution >= 0.6 is 0 Å². The lowest BCUT2D eigenvalue weighted by atomic mass is 9.98. The van der Waals surface area contributed by atoms with Crippen LogP contribution in [0.25, 0.3) is 0 Å². The molecule has 1 aliphatic heterocycles. The fourth-order valence-corrected chi connectivity index (χ4v) is 5.62. The monoisotopic (exact) mass is 650 g/mol. The van der Waals surface area contributed by atoms with E-state index in [1.807, 2.05) is 63.4 Å². The second-order valence-corrected chi connectivity index (χ2v) is 12.2. The predicted molar refractivity (Wildman–Crippen MR) is 188 cm³/mol. The van der Waals surface area contributed by atoms with Crippen molar-refractivity contribution in [1.29, 1.82) is 0 Å². The number of nitrogens with two attached hydrogens (primary N) is 1. The van der Waals surface area contributed by atoms with E-state index in [0.717, 1.165) is 5.56 Å². The molecule has 0 saturated heterocycles. The van der Waals surface area contributed by atoms with Gasteiger partial charge in [0.1, 0.15) is 6.10 Å². The summed E-state index contributed by atoms with van der Waals surface area (Å²) in [6.45, 7) is 5.07. The second-order valence-electron chi connectivity index (χ2n) is 12.2. The van der Waals surface area contributed by atoms with E-state index in [1.54, 1.807) is 59.5 Å². The minimum absolute atomic E-state index is 0.124. The van der Waals surface area contributed by atoms with Crippen LogP contribution in [0.15, 0.2) is 97.1 Å². The number of hydrogen-bond acceptors (Lipinski definition) is 7. The lowest BCUT2D eigenvalue weighted by Crippen LogP contribution is -2.49. The number of hydrogen-bond donors (Lipinski definition) is 5. The largest absolute Gasteiger partial charge is 0.486 e. The molecule has 0 aromatic heterocycles. The van der Waals surface area contributed by atoms with Crippen LogP contribution in [-0.4, -0.2) is 71.6 Å². The van der Waals surface area contributed by atoms with Crippen LogP contribution in [0.1, 0.15) is 40.1 Å². The molecule has 6 N–H and O–H groups in total. The zero-order valence-electron chi connectivity index (χ0n) is 27.4. The number of para-hydroxylation sites is 4. The third-order valence-corrected chi connectivity index (χ3v) is 8.34. The molecule has 0 fully saturated rings. The maximum atomic E-state index is 13.8. The normalized spacial score (nSPS) is 16.6. The number of nitrogens with zero attached hydrogens (tertiary/aromatic N) is 2. The number of carbonyl (C=O) groups is 3. The summed E-state index contributed by atoms with van der Waals surface area (Å²) in [6, 6.07) is 27.7. The Balaban J connectivity index is 1.33. The van der Waals surface area contributed by atoms with Crippen molar-refractivity contribution in [1.82, 2.24) is 9.80 Å². The van der Waals surface area contributed by atoms with Gasteiger partial charge in [-0.25, -0.2) is 4.79 Å². The molecule has 0 saturated carbocycles. The molecule has 3 atom stereocenters. The summed E-state index contributed by atoms with van der Waals surface area (Å²) < 4.78 is 6.63. The Morgan fingerprint density at radius 1 is 0.938 bits per heavy atom. The van der Waals surface area contributed by atoms with E-state index in [9.17, 15) is 19.5 Å². The Hall–Kier alpha value is -5.39. The number of likely N-dealkylation sites (N-methyl/N-ethyl adjacent to an activating group) is 1. The molecule has 4 aromatic rings. The van der Waals surface area contributed by atoms with Crippen LogP contribution in [0.2, 0.25) is 0 Å². The summed E-state index contributed by atoms with van der Waals surface area (Å²) in [7, 11) is 1.98. The number of carbonyl (C=O) groups excluding carboxylic acids is 3. The van der Waals surface area contributed by atoms with Gasteiger partial charge in [0, 0.05) is 36.8 Å². The molecule has 250 valence electrons. The molecule has 0 radical (unpaired) electrons. The zero-order chi connectivity index (χ0) is 34.2. The fourth-order valence-electron chi connectivity index (χ4n) is 5.62. The number of nitrogen functional groups attached to an aromatic ring is 1. The van der Waals surface area contributed by atoms with Gasteiger partial charge in [-0.1, -0.05) is 55.5 Å². The van der Waals surface area contributed by atoms with Gasteiger partial charge in [-0.05, 0) is 68.1 Å². The molecular weight excluding hydrogens is 608 g/mol. The first kappa shape index (κ1) is 34.0. The van der Waals surface area contributed by atoms with Gasteiger partial charge in [-0.15, -0.1) is 0 Å². The van der Waals surface area contributed by atoms with Crippen molar-refractivity contribution in [2.75, 3.05) is 48.4 Å². The highest BCUT2D eigenvalue weighted by atomic mass is 16.5. The maximum Gasteiger partial charge on any atom is 0.323 e. The van der Waals surface area contributed by atoms with Crippen molar-refractivity contribution < 1.29 is 24.2 Å². The Morgan fingerprint density at radius 2 is 1.62 bits per heavy atom. The molecule has 0 unspecified atom stereocenters. The molecular formula is C37H42N6O5. The highest BCUT2D eigenvalue weighted by molar-refractivity contribution is 6.06. The second kappa shape index (κ2) is 15.5. The summed E-state index contributed by atoms with van der Waals surface area (Å²) in [4.78, 5) is 43.3. The van der Waals surface area contributed by atoms with E-state index < -0.39 is 12.1 Å². The van der Waals surface area contributed by atoms with Crippen LogP contribution in [-0.2, 0) is 6.54 Å². The number of aliphatic hydroxyl groups is 1. The first-order valence-corrected chi connectivity index (χ1v) is 15.9. The third-order valence-electron chi connectivity index (χ3n) is 8.34. The lowest BCUT2D eigenvalue weighted by Gasteiger charge is -2.38. The van der Waals surface area contributed by atoms with E-state index in [2.05, 4.69) is 20.9 Å². The first-order chi connectivity index (χ1) is 23.1. The highest BCUT2D eigenvalue weighted by Gasteiger charge is 2.34. The summed E-state index contributed by atoms with van der Waals surface area (Å²) in [5.41, 5.74) is 9.82. The molecule has 1 aliphatic rings. The molecule has 0 aliphatic carbocycles. The lowest BCUT2D eigenvalue weighted by molar-refractivity contribution is 0.0343. The minimum atomic E-state index is -0.473. The summed E-state index contributed by atoms with van der Waals surface area (Å²) in [5.74, 6) is -0.376. The molecule has 0 bridgehead atoms. The molecule has 5 rings (SSSR count). The SMILES string of the molecule is C[C@H](CO)N1C[C@H](C)[C@@H](CN(C)Cc2ccc(C(=O)Nc3ccccc3N)cc2)Oc2c(NC(=O)Nc3ccccc3)cccc2C1=O. The number of nitrogens with one attached hydrogen (secondary N) is 3. The number of amides is 4. The number of urea groups is 1. The first-order valence-electron chi connectivity index (χ1n) is 15.9. The smallest absolute Gasteiger partial charge is 0.323 e. The van der Waals surface area contributed by atoms with Gasteiger partial charge in [-0.3, -0.25) is 14.5 Å². The summed E-state index contributed by atoms with van der Waals surface area (Å²) in [6.07, 6.45) is -0.378. The van der Waals surface area contributed by atoms with Crippen molar-refractivity contribution in [3.8, 4) is 5.75 Å². The van der Waals surface area contributed by atoms with Gasteiger partial charge in [0.05, 0.1) is 35.3 Å². The molecule has 11 heteroatoms. The topological polar surface area (TPSA) is 149 Å². The van der Waals surface area contributed by atoms with Crippen molar-refractivity contribution in [3.05, 3.63) is 114 Å². The van der Waals surface area contributed by atoms with Gasteiger partial charge in [-0.2, -0.15) is 0 Å². The molecule has 4 amide bonds. The van der Waals surface area contributed by atoms with E-state index in [1.165, 1.54) is 0 Å². The van der Waals surface area contributed by atoms with Crippen molar-refractivity contribution in [2.24, 2.45) is 5.92 Å². The van der Waals surface area contributed by atoms with E-state index in [4.69, 9.17) is 10.5 Å². The molecule has 48 heavy (non-hydrogen) atoms. The molecule has 11 nitrogen and oxygen atoms in total. The average molecular weight is 651 g/mol. The van der Waals surface area contributed by atoms with Gasteiger partial charge >= 0.3 is 6.03 Å². The van der Waals surface area contributed by atoms with Gasteiger partial charge < -0.3 is 36.4 Å². The van der Waals surface area contributed by atoms with Crippen LogP contribution < -0.4 is 26.4 Å². The zero-order valence-corrected chi connectivity index (χ0v) is 27.4. The Labute approximate surface area is 280 Å². The van der Waals surface area contributed by atoms with E-state index in [-0.39, 0.29) is 36.2 Å². The summed E-state index contributed by atoms with van der Waals surface area (Å²) in [5, 5.41) is 18.5. The fraction of sp³-hybridized carbons (Fsp3) is 0.270. The number of fused-ring (bicyclic) bond motifs is 1. The van der Waals surface area contributed by atoms with Crippen LogP contribution in [0.5, 0.6) is 5.75 Å². The molecule has 1 heterocycles. The Morgan fingerprint density at radius 3 is 2.33 bits per heavy atom. The molecule has 4 aromatic carbocycles. The predicted octanol–water partition coefficient (Wildman–Crippen LogP) is 5.52. The van der Waals surface area contributed by atoms with Gasteiger partial charge in [0.25, 0.3) is 11.8 Å². The van der Waals surface area contributed by atoms with Gasteiger partial charge in [0.2, 0.25) is 0 Å². The molecule has 0 spiro atoms. The maximum absolute atomic E-state index is 13.8. The van der Waals surface area contributed by atoms with Crippen molar-refractivity contribution >= 4 is 40.6 Å². The number of benzene rings is 4.